The van der Waals surface area contributed by atoms with Gasteiger partial charge in [0.05, 0.1) is 19.3 Å². The Morgan fingerprint density at radius 3 is 2.79 bits per heavy atom. The minimum Gasteiger partial charge on any atom is -0.394 e. The lowest BCUT2D eigenvalue weighted by Crippen LogP contribution is -2.37. The van der Waals surface area contributed by atoms with Gasteiger partial charge in [-0.2, -0.15) is 13.2 Å². The number of H-pyrrole nitrogens is 1. The predicted molar refractivity (Wildman–Crippen MR) is 94.2 cm³/mol. The van der Waals surface area contributed by atoms with E-state index < -0.39 is 41.8 Å². The summed E-state index contributed by atoms with van der Waals surface area (Å²) in [4.78, 5) is 36.4. The van der Waals surface area contributed by atoms with Gasteiger partial charge in [-0.1, -0.05) is 12.2 Å². The van der Waals surface area contributed by atoms with Crippen LogP contribution in [0.4, 0.5) is 13.2 Å². The standard InChI is InChI=1S/C17H22F3N3O6/c1-9(3-4-21-15(26)17(18,19)20)8-28-11-5-13(29-12(11)7-24)23-6-10(2)14(25)22-16(23)27/h6,11-13,24H,1,3-5,7-8H2,2H3,(H,21,26)(H,22,25,27)/t11?,12-,13-/m1/s1. The zero-order valence-corrected chi connectivity index (χ0v) is 15.6. The quantitative estimate of drug-likeness (QED) is 0.513. The van der Waals surface area contributed by atoms with Crippen molar-refractivity contribution in [3.05, 3.63) is 44.8 Å². The molecule has 1 unspecified atom stereocenters. The number of aromatic nitrogens is 2. The predicted octanol–water partition coefficient (Wildman–Crippen LogP) is 0.135. The average Bonchev–Trinajstić information content (AvgIpc) is 3.05. The second-order valence-corrected chi connectivity index (χ2v) is 6.63. The van der Waals surface area contributed by atoms with Crippen molar-refractivity contribution >= 4 is 5.91 Å². The Bertz CT molecular complexity index is 863. The molecule has 12 heteroatoms. The third-order valence-corrected chi connectivity index (χ3v) is 4.34. The number of halogens is 3. The highest BCUT2D eigenvalue weighted by atomic mass is 19.4. The van der Waals surface area contributed by atoms with Gasteiger partial charge in [0.15, 0.2) is 0 Å². The van der Waals surface area contributed by atoms with Crippen LogP contribution in [-0.4, -0.2) is 58.7 Å². The molecule has 3 N–H and O–H groups in total. The number of ether oxygens (including phenoxy) is 2. The molecule has 0 saturated carbocycles. The van der Waals surface area contributed by atoms with Crippen LogP contribution in [0.1, 0.15) is 24.6 Å². The monoisotopic (exact) mass is 421 g/mol. The molecule has 1 amide bonds. The van der Waals surface area contributed by atoms with Crippen molar-refractivity contribution < 1.29 is 32.5 Å². The van der Waals surface area contributed by atoms with E-state index in [0.29, 0.717) is 11.1 Å². The van der Waals surface area contributed by atoms with Crippen molar-refractivity contribution in [2.45, 2.75) is 44.4 Å². The second kappa shape index (κ2) is 9.37. The summed E-state index contributed by atoms with van der Waals surface area (Å²) in [6, 6.07) is 0. The zero-order valence-electron chi connectivity index (χ0n) is 15.6. The summed E-state index contributed by atoms with van der Waals surface area (Å²) < 4.78 is 48.8. The van der Waals surface area contributed by atoms with Crippen LogP contribution in [0.3, 0.4) is 0 Å². The molecule has 9 nitrogen and oxygen atoms in total. The Kier molecular flexibility index (Phi) is 7.38. The number of nitrogens with one attached hydrogen (secondary N) is 2. The number of amides is 1. The van der Waals surface area contributed by atoms with Gasteiger partial charge in [0.25, 0.3) is 5.56 Å². The van der Waals surface area contributed by atoms with Crippen molar-refractivity contribution in [1.29, 1.82) is 0 Å². The van der Waals surface area contributed by atoms with Crippen molar-refractivity contribution in [2.24, 2.45) is 0 Å². The molecule has 1 saturated heterocycles. The van der Waals surface area contributed by atoms with Gasteiger partial charge in [-0.15, -0.1) is 0 Å². The molecule has 3 atom stereocenters. The van der Waals surface area contributed by atoms with Gasteiger partial charge in [0.1, 0.15) is 12.3 Å². The normalized spacial score (nSPS) is 21.9. The highest BCUT2D eigenvalue weighted by Crippen LogP contribution is 2.30. The molecule has 0 aromatic carbocycles. The Morgan fingerprint density at radius 2 is 2.17 bits per heavy atom. The molecule has 2 rings (SSSR count). The smallest absolute Gasteiger partial charge is 0.394 e. The molecule has 29 heavy (non-hydrogen) atoms. The van der Waals surface area contributed by atoms with E-state index in [9.17, 15) is 32.7 Å². The van der Waals surface area contributed by atoms with Crippen LogP contribution < -0.4 is 16.6 Å². The van der Waals surface area contributed by atoms with Gasteiger partial charge < -0.3 is 19.9 Å². The first-order valence-electron chi connectivity index (χ1n) is 8.74. The minimum atomic E-state index is -4.94. The highest BCUT2D eigenvalue weighted by Gasteiger charge is 2.38. The van der Waals surface area contributed by atoms with E-state index in [1.165, 1.54) is 17.7 Å². The van der Waals surface area contributed by atoms with Gasteiger partial charge in [0, 0.05) is 24.7 Å². The number of rotatable bonds is 8. The van der Waals surface area contributed by atoms with Crippen molar-refractivity contribution in [1.82, 2.24) is 14.9 Å². The lowest BCUT2D eigenvalue weighted by molar-refractivity contribution is -0.173. The van der Waals surface area contributed by atoms with Crippen LogP contribution in [0.25, 0.3) is 0 Å². The summed E-state index contributed by atoms with van der Waals surface area (Å²) in [7, 11) is 0. The Labute approximate surface area is 163 Å². The van der Waals surface area contributed by atoms with Crippen molar-refractivity contribution in [3.63, 3.8) is 0 Å². The number of hydrogen-bond acceptors (Lipinski definition) is 6. The number of alkyl halides is 3. The van der Waals surface area contributed by atoms with Gasteiger partial charge in [-0.25, -0.2) is 4.79 Å². The van der Waals surface area contributed by atoms with Gasteiger partial charge in [0.2, 0.25) is 0 Å². The summed E-state index contributed by atoms with van der Waals surface area (Å²) >= 11 is 0. The topological polar surface area (TPSA) is 123 Å². The molecule has 1 fully saturated rings. The van der Waals surface area contributed by atoms with Gasteiger partial charge >= 0.3 is 17.8 Å². The van der Waals surface area contributed by atoms with Crippen LogP contribution in [0.2, 0.25) is 0 Å². The summed E-state index contributed by atoms with van der Waals surface area (Å²) in [5, 5.41) is 11.2. The van der Waals surface area contributed by atoms with Crippen LogP contribution >= 0.6 is 0 Å². The first kappa shape index (κ1) is 22.8. The maximum Gasteiger partial charge on any atom is 0.471 e. The lowest BCUT2D eigenvalue weighted by atomic mass is 10.1. The molecule has 1 aliphatic rings. The first-order chi connectivity index (χ1) is 13.5. The van der Waals surface area contributed by atoms with Gasteiger partial charge in [-0.05, 0) is 13.3 Å². The minimum absolute atomic E-state index is 0.0291. The van der Waals surface area contributed by atoms with Crippen molar-refractivity contribution in [3.8, 4) is 0 Å². The molecular formula is C17H22F3N3O6. The van der Waals surface area contributed by atoms with E-state index in [4.69, 9.17) is 9.47 Å². The third-order valence-electron chi connectivity index (χ3n) is 4.34. The molecule has 1 aromatic heterocycles. The SMILES string of the molecule is C=C(CCNC(=O)C(F)(F)F)COC1C[C@H](n2cc(C)c(=O)[nH]c2=O)O[C@@H]1CO. The third kappa shape index (κ3) is 6.02. The molecule has 1 aliphatic heterocycles. The fraction of sp³-hybridized carbons (Fsp3) is 0.588. The maximum atomic E-state index is 12.1. The number of carbonyl (C=O) groups is 1. The number of aliphatic hydroxyl groups is 1. The summed E-state index contributed by atoms with van der Waals surface area (Å²) in [6.45, 7) is 4.55. The number of carbonyl (C=O) groups excluding carboxylic acids is 1. The van der Waals surface area contributed by atoms with Crippen LogP contribution in [0.15, 0.2) is 27.9 Å². The summed E-state index contributed by atoms with van der Waals surface area (Å²) in [5.41, 5.74) is -0.422. The Balaban J connectivity index is 1.88. The zero-order chi connectivity index (χ0) is 21.8. The lowest BCUT2D eigenvalue weighted by Gasteiger charge is -2.17. The molecule has 2 heterocycles. The molecule has 162 valence electrons. The first-order valence-corrected chi connectivity index (χ1v) is 8.74. The number of nitrogens with zero attached hydrogens (tertiary/aromatic N) is 1. The molecule has 0 radical (unpaired) electrons. The van der Waals surface area contributed by atoms with E-state index in [0.717, 1.165) is 0 Å². The maximum absolute atomic E-state index is 12.1. The summed E-state index contributed by atoms with van der Waals surface area (Å²) in [6.07, 6.45) is -5.43. The molecule has 0 spiro atoms. The van der Waals surface area contributed by atoms with E-state index in [2.05, 4.69) is 11.6 Å². The van der Waals surface area contributed by atoms with Crippen LogP contribution in [-0.2, 0) is 14.3 Å². The second-order valence-electron chi connectivity index (χ2n) is 6.63. The van der Waals surface area contributed by atoms with E-state index >= 15 is 0 Å². The van der Waals surface area contributed by atoms with Crippen LogP contribution in [0.5, 0.6) is 0 Å². The fourth-order valence-corrected chi connectivity index (χ4v) is 2.76. The van der Waals surface area contributed by atoms with Crippen LogP contribution in [0, 0.1) is 6.92 Å². The molecule has 0 bridgehead atoms. The van der Waals surface area contributed by atoms with E-state index in [1.54, 1.807) is 5.32 Å². The average molecular weight is 421 g/mol. The highest BCUT2D eigenvalue weighted by molar-refractivity contribution is 5.81. The number of aliphatic hydroxyl groups excluding tert-OH is 1. The molecular weight excluding hydrogens is 399 g/mol. The van der Waals surface area contributed by atoms with Crippen molar-refractivity contribution in [2.75, 3.05) is 19.8 Å². The van der Waals surface area contributed by atoms with Gasteiger partial charge in [-0.3, -0.25) is 19.1 Å². The fourth-order valence-electron chi connectivity index (χ4n) is 2.76. The molecule has 1 aromatic rings. The Hall–Kier alpha value is -2.44. The Morgan fingerprint density at radius 1 is 1.48 bits per heavy atom. The van der Waals surface area contributed by atoms with E-state index in [1.807, 2.05) is 0 Å². The van der Waals surface area contributed by atoms with E-state index in [-0.39, 0.29) is 32.6 Å². The summed E-state index contributed by atoms with van der Waals surface area (Å²) in [5.74, 6) is -2.03. The number of hydrogen-bond donors (Lipinski definition) is 3. The number of aromatic amines is 1. The largest absolute Gasteiger partial charge is 0.471 e. The number of aryl methyl sites for hydroxylation is 1. The molecule has 0 aliphatic carbocycles.